The number of amides is 2. The largest absolute Gasteiger partial charge is 0.506 e. The Balaban J connectivity index is 2.15. The minimum absolute atomic E-state index is 0.0540. The van der Waals surface area contributed by atoms with E-state index in [9.17, 15) is 24.8 Å². The van der Waals surface area contributed by atoms with Gasteiger partial charge in [-0.1, -0.05) is 6.07 Å². The molecule has 0 bridgehead atoms. The third kappa shape index (κ3) is 4.86. The van der Waals surface area contributed by atoms with Crippen molar-refractivity contribution >= 4 is 45.3 Å². The van der Waals surface area contributed by atoms with Crippen LogP contribution in [0.15, 0.2) is 46.0 Å². The van der Waals surface area contributed by atoms with Crippen molar-refractivity contribution in [1.82, 2.24) is 5.43 Å². The van der Waals surface area contributed by atoms with Gasteiger partial charge < -0.3 is 10.4 Å². The van der Waals surface area contributed by atoms with Gasteiger partial charge in [0.15, 0.2) is 0 Å². The molecule has 0 atom stereocenters. The Kier molecular flexibility index (Phi) is 6.02. The fraction of sp³-hybridized carbons (Fsp3) is 0.0625. The number of carbonyl (C=O) groups excluding carboxylic acids is 2. The summed E-state index contributed by atoms with van der Waals surface area (Å²) in [7, 11) is 0. The number of benzene rings is 2. The minimum atomic E-state index is -0.617. The third-order valence-electron chi connectivity index (χ3n) is 3.10. The van der Waals surface area contributed by atoms with E-state index >= 15 is 0 Å². The van der Waals surface area contributed by atoms with E-state index in [-0.39, 0.29) is 32.9 Å². The predicted octanol–water partition coefficient (Wildman–Crippen LogP) is 2.79. The molecule has 26 heavy (non-hydrogen) atoms. The van der Waals surface area contributed by atoms with E-state index in [2.05, 4.69) is 31.8 Å². The molecule has 10 heteroatoms. The number of carbonyl (C=O) groups is 2. The molecule has 0 fully saturated rings. The van der Waals surface area contributed by atoms with Gasteiger partial charge >= 0.3 is 0 Å². The average Bonchev–Trinajstić information content (AvgIpc) is 2.57. The summed E-state index contributed by atoms with van der Waals surface area (Å²) in [5, 5.41) is 27.0. The molecule has 3 N–H and O–H groups in total. The van der Waals surface area contributed by atoms with E-state index in [4.69, 9.17) is 0 Å². The zero-order chi connectivity index (χ0) is 19.3. The molecule has 0 aliphatic rings. The predicted molar refractivity (Wildman–Crippen MR) is 98.3 cm³/mol. The van der Waals surface area contributed by atoms with Gasteiger partial charge in [-0.3, -0.25) is 19.7 Å². The highest BCUT2D eigenvalue weighted by molar-refractivity contribution is 9.10. The Bertz CT molecular complexity index is 914. The molecule has 9 nitrogen and oxygen atoms in total. The Morgan fingerprint density at radius 2 is 2.04 bits per heavy atom. The molecule has 2 aromatic carbocycles. The topological polar surface area (TPSA) is 134 Å². The third-order valence-corrected chi connectivity index (χ3v) is 3.71. The second kappa shape index (κ2) is 8.21. The van der Waals surface area contributed by atoms with E-state index in [0.29, 0.717) is 5.69 Å². The summed E-state index contributed by atoms with van der Waals surface area (Å²) in [6.45, 7) is 1.35. The fourth-order valence-electron chi connectivity index (χ4n) is 1.98. The van der Waals surface area contributed by atoms with Crippen molar-refractivity contribution in [2.24, 2.45) is 5.10 Å². The Morgan fingerprint density at radius 1 is 1.31 bits per heavy atom. The van der Waals surface area contributed by atoms with Gasteiger partial charge in [0.1, 0.15) is 5.75 Å². The average molecular weight is 421 g/mol. The number of hydrazone groups is 1. The molecule has 0 aliphatic heterocycles. The van der Waals surface area contributed by atoms with Crippen LogP contribution < -0.4 is 10.7 Å². The first-order valence-corrected chi connectivity index (χ1v) is 7.95. The molecule has 0 unspecified atom stereocenters. The zero-order valence-corrected chi connectivity index (χ0v) is 15.0. The molecule has 0 spiro atoms. The van der Waals surface area contributed by atoms with Crippen molar-refractivity contribution in [2.75, 3.05) is 5.32 Å². The second-order valence-corrected chi connectivity index (χ2v) is 5.94. The van der Waals surface area contributed by atoms with E-state index in [1.54, 1.807) is 12.1 Å². The lowest BCUT2D eigenvalue weighted by molar-refractivity contribution is -0.385. The number of halogens is 1. The molecule has 0 saturated heterocycles. The number of anilines is 1. The first-order valence-electron chi connectivity index (χ1n) is 7.16. The van der Waals surface area contributed by atoms with Crippen LogP contribution in [0.1, 0.15) is 22.8 Å². The number of nitro benzene ring substituents is 1. The van der Waals surface area contributed by atoms with Crippen LogP contribution >= 0.6 is 15.9 Å². The minimum Gasteiger partial charge on any atom is -0.506 e. The van der Waals surface area contributed by atoms with E-state index in [0.717, 1.165) is 18.3 Å². The molecule has 2 rings (SSSR count). The lowest BCUT2D eigenvalue weighted by atomic mass is 10.2. The number of hydrogen-bond donors (Lipinski definition) is 3. The number of phenolic OH excluding ortho intramolecular Hbond substituents is 1. The summed E-state index contributed by atoms with van der Waals surface area (Å²) >= 11 is 3.01. The summed E-state index contributed by atoms with van der Waals surface area (Å²) in [6, 6.07) is 8.48. The molecule has 134 valence electrons. The monoisotopic (exact) mass is 420 g/mol. The van der Waals surface area contributed by atoms with Crippen LogP contribution in [-0.4, -0.2) is 28.1 Å². The molecular weight excluding hydrogens is 408 g/mol. The first kappa shape index (κ1) is 19.1. The number of hydrogen-bond acceptors (Lipinski definition) is 6. The van der Waals surface area contributed by atoms with E-state index in [1.807, 2.05) is 0 Å². The van der Waals surface area contributed by atoms with Gasteiger partial charge in [0.2, 0.25) is 5.91 Å². The zero-order valence-electron chi connectivity index (χ0n) is 13.4. The molecule has 2 aromatic rings. The Labute approximate surface area is 156 Å². The van der Waals surface area contributed by atoms with Gasteiger partial charge in [-0.15, -0.1) is 0 Å². The normalized spacial score (nSPS) is 10.5. The maximum absolute atomic E-state index is 12.1. The van der Waals surface area contributed by atoms with Gasteiger partial charge in [0.05, 0.1) is 15.6 Å². The van der Waals surface area contributed by atoms with Gasteiger partial charge in [-0.25, -0.2) is 5.43 Å². The lowest BCUT2D eigenvalue weighted by Gasteiger charge is -2.05. The van der Waals surface area contributed by atoms with Crippen LogP contribution in [0.3, 0.4) is 0 Å². The number of nitrogens with one attached hydrogen (secondary N) is 2. The Morgan fingerprint density at radius 3 is 2.69 bits per heavy atom. The van der Waals surface area contributed by atoms with Crippen LogP contribution in [0.25, 0.3) is 0 Å². The molecular formula is C16H13BrN4O5. The molecule has 0 saturated carbocycles. The molecule has 0 radical (unpaired) electrons. The van der Waals surface area contributed by atoms with Gasteiger partial charge in [0, 0.05) is 35.9 Å². The molecule has 0 aromatic heterocycles. The maximum Gasteiger partial charge on any atom is 0.271 e. The van der Waals surface area contributed by atoms with E-state index in [1.165, 1.54) is 19.1 Å². The van der Waals surface area contributed by atoms with Crippen molar-refractivity contribution in [3.63, 3.8) is 0 Å². The summed E-state index contributed by atoms with van der Waals surface area (Å²) in [6.07, 6.45) is 1.09. The van der Waals surface area contributed by atoms with Crippen LogP contribution in [0.2, 0.25) is 0 Å². The van der Waals surface area contributed by atoms with Crippen molar-refractivity contribution < 1.29 is 19.6 Å². The standard InChI is InChI=1S/C16H13BrN4O5/c1-9(22)19-12-4-2-3-10(5-12)16(24)20-18-8-11-6-13(21(25)26)7-14(17)15(11)23/h2-8,23H,1H3,(H,19,22)(H,20,24). The van der Waals surface area contributed by atoms with Crippen molar-refractivity contribution in [2.45, 2.75) is 6.92 Å². The molecule has 0 aliphatic carbocycles. The van der Waals surface area contributed by atoms with E-state index < -0.39 is 10.8 Å². The second-order valence-electron chi connectivity index (χ2n) is 5.08. The number of non-ortho nitro benzene ring substituents is 1. The summed E-state index contributed by atoms with van der Waals surface area (Å²) in [5.41, 5.74) is 2.76. The number of nitrogens with zero attached hydrogens (tertiary/aromatic N) is 2. The maximum atomic E-state index is 12.1. The fourth-order valence-corrected chi connectivity index (χ4v) is 2.44. The summed E-state index contributed by atoms with van der Waals surface area (Å²) in [5.74, 6) is -1.08. The van der Waals surface area contributed by atoms with Gasteiger partial charge in [0.25, 0.3) is 11.6 Å². The van der Waals surface area contributed by atoms with Crippen LogP contribution in [0.5, 0.6) is 5.75 Å². The van der Waals surface area contributed by atoms with Crippen molar-refractivity contribution in [3.05, 3.63) is 62.1 Å². The Hall–Kier alpha value is -3.27. The smallest absolute Gasteiger partial charge is 0.271 e. The number of nitro groups is 1. The van der Waals surface area contributed by atoms with Gasteiger partial charge in [-0.05, 0) is 34.1 Å². The summed E-state index contributed by atoms with van der Waals surface area (Å²) < 4.78 is 0.127. The SMILES string of the molecule is CC(=O)Nc1cccc(C(=O)NN=Cc2cc([N+](=O)[O-])cc(Br)c2O)c1. The lowest BCUT2D eigenvalue weighted by Crippen LogP contribution is -2.18. The molecule has 0 heterocycles. The number of rotatable bonds is 5. The molecule has 2 amide bonds. The first-order chi connectivity index (χ1) is 12.3. The van der Waals surface area contributed by atoms with Crippen molar-refractivity contribution in [3.8, 4) is 5.75 Å². The summed E-state index contributed by atoms with van der Waals surface area (Å²) in [4.78, 5) is 33.4. The highest BCUT2D eigenvalue weighted by Crippen LogP contribution is 2.31. The van der Waals surface area contributed by atoms with Crippen molar-refractivity contribution in [1.29, 1.82) is 0 Å². The quantitative estimate of drug-likeness (QED) is 0.388. The number of phenols is 1. The van der Waals surface area contributed by atoms with Crippen LogP contribution in [0, 0.1) is 10.1 Å². The van der Waals surface area contributed by atoms with Gasteiger partial charge in [-0.2, -0.15) is 5.10 Å². The van der Waals surface area contributed by atoms with Crippen LogP contribution in [0.4, 0.5) is 11.4 Å². The highest BCUT2D eigenvalue weighted by atomic mass is 79.9. The van der Waals surface area contributed by atoms with Crippen LogP contribution in [-0.2, 0) is 4.79 Å². The highest BCUT2D eigenvalue weighted by Gasteiger charge is 2.14. The number of aromatic hydroxyl groups is 1.